The predicted molar refractivity (Wildman–Crippen MR) is 119 cm³/mol. The summed E-state index contributed by atoms with van der Waals surface area (Å²) in [5.74, 6) is 0.688. The van der Waals surface area contributed by atoms with Crippen molar-refractivity contribution < 1.29 is 13.2 Å². The summed E-state index contributed by atoms with van der Waals surface area (Å²) in [4.78, 5) is 17.3. The van der Waals surface area contributed by atoms with Crippen molar-refractivity contribution in [3.63, 3.8) is 0 Å². The minimum Gasteiger partial charge on any atom is -0.328 e. The van der Waals surface area contributed by atoms with Crippen molar-refractivity contribution in [3.05, 3.63) is 53.3 Å². The van der Waals surface area contributed by atoms with Crippen molar-refractivity contribution in [3.8, 4) is 0 Å². The molecule has 0 unspecified atom stereocenters. The van der Waals surface area contributed by atoms with E-state index in [4.69, 9.17) is 0 Å². The minimum absolute atomic E-state index is 0.0782. The Balaban J connectivity index is 1.80. The number of amides is 1. The van der Waals surface area contributed by atoms with Gasteiger partial charge in [0.05, 0.1) is 15.9 Å². The first-order valence-electron chi connectivity index (χ1n) is 9.91. The molecule has 0 aliphatic rings. The molecule has 160 valence electrons. The van der Waals surface area contributed by atoms with Gasteiger partial charge < -0.3 is 9.88 Å². The topological polar surface area (TPSA) is 84.3 Å². The van der Waals surface area contributed by atoms with E-state index < -0.39 is 10.0 Å². The molecule has 0 saturated carbocycles. The molecule has 1 heterocycles. The van der Waals surface area contributed by atoms with Crippen molar-refractivity contribution in [1.82, 2.24) is 13.9 Å². The van der Waals surface area contributed by atoms with Crippen LogP contribution in [0.25, 0.3) is 11.0 Å². The van der Waals surface area contributed by atoms with E-state index in [0.717, 1.165) is 28.2 Å². The highest BCUT2D eigenvalue weighted by atomic mass is 32.2. The quantitative estimate of drug-likeness (QED) is 0.624. The fourth-order valence-corrected chi connectivity index (χ4v) is 4.49. The molecule has 0 radical (unpaired) electrons. The smallest absolute Gasteiger partial charge is 0.242 e. The fourth-order valence-electron chi connectivity index (χ4n) is 3.57. The summed E-state index contributed by atoms with van der Waals surface area (Å²) < 4.78 is 28.0. The van der Waals surface area contributed by atoms with Crippen LogP contribution in [-0.4, -0.2) is 42.3 Å². The predicted octanol–water partition coefficient (Wildman–Crippen LogP) is 3.49. The summed E-state index contributed by atoms with van der Waals surface area (Å²) in [5, 5.41) is 2.95. The van der Waals surface area contributed by atoms with E-state index in [1.165, 1.54) is 18.4 Å². The lowest BCUT2D eigenvalue weighted by molar-refractivity contribution is -0.116. The molecule has 1 amide bonds. The Morgan fingerprint density at radius 1 is 1.10 bits per heavy atom. The number of anilines is 1. The lowest BCUT2D eigenvalue weighted by Crippen LogP contribution is -2.22. The molecule has 3 aromatic rings. The first-order valence-corrected chi connectivity index (χ1v) is 11.4. The molecule has 7 nitrogen and oxygen atoms in total. The van der Waals surface area contributed by atoms with Crippen molar-refractivity contribution in [2.75, 3.05) is 19.4 Å². The van der Waals surface area contributed by atoms with Crippen molar-refractivity contribution in [1.29, 1.82) is 0 Å². The Hall–Kier alpha value is -2.71. The average molecular weight is 429 g/mol. The van der Waals surface area contributed by atoms with Crippen molar-refractivity contribution >= 4 is 32.7 Å². The second-order valence-electron chi connectivity index (χ2n) is 7.63. The van der Waals surface area contributed by atoms with Gasteiger partial charge >= 0.3 is 0 Å². The van der Waals surface area contributed by atoms with E-state index in [1.54, 1.807) is 18.2 Å². The molecule has 3 rings (SSSR count). The highest BCUT2D eigenvalue weighted by Gasteiger charge is 2.19. The van der Waals surface area contributed by atoms with E-state index in [-0.39, 0.29) is 10.8 Å². The third-order valence-electron chi connectivity index (χ3n) is 4.97. The van der Waals surface area contributed by atoms with Gasteiger partial charge in [0, 0.05) is 39.2 Å². The summed E-state index contributed by atoms with van der Waals surface area (Å²) in [6.45, 7) is 6.68. The first-order chi connectivity index (χ1) is 14.1. The van der Waals surface area contributed by atoms with Crippen LogP contribution in [0.15, 0.2) is 41.3 Å². The number of sulfonamides is 1. The number of carbonyl (C=O) groups is 1. The van der Waals surface area contributed by atoms with Crippen LogP contribution < -0.4 is 5.32 Å². The summed E-state index contributed by atoms with van der Waals surface area (Å²) in [7, 11) is -0.518. The van der Waals surface area contributed by atoms with E-state index >= 15 is 0 Å². The van der Waals surface area contributed by atoms with E-state index in [9.17, 15) is 13.2 Å². The molecule has 2 aromatic carbocycles. The van der Waals surface area contributed by atoms with Crippen LogP contribution in [0.1, 0.15) is 30.3 Å². The lowest BCUT2D eigenvalue weighted by Gasteiger charge is -2.11. The number of benzene rings is 2. The summed E-state index contributed by atoms with van der Waals surface area (Å²) in [5.41, 5.74) is 4.47. The molecule has 30 heavy (non-hydrogen) atoms. The average Bonchev–Trinajstić information content (AvgIpc) is 3.02. The number of hydrogen-bond donors (Lipinski definition) is 1. The molecule has 0 spiro atoms. The molecule has 0 saturated heterocycles. The van der Waals surface area contributed by atoms with Gasteiger partial charge in [0.1, 0.15) is 5.82 Å². The third-order valence-corrected chi connectivity index (χ3v) is 6.79. The van der Waals surface area contributed by atoms with Gasteiger partial charge in [-0.2, -0.15) is 0 Å². The molecule has 8 heteroatoms. The molecule has 0 fully saturated rings. The summed E-state index contributed by atoms with van der Waals surface area (Å²) in [6.07, 6.45) is 0.758. The number of aryl methyl sites for hydroxylation is 4. The van der Waals surface area contributed by atoms with Gasteiger partial charge in [-0.05, 0) is 62.2 Å². The number of fused-ring (bicyclic) bond motifs is 1. The van der Waals surface area contributed by atoms with Gasteiger partial charge in [0.2, 0.25) is 15.9 Å². The molecule has 0 aliphatic carbocycles. The maximum absolute atomic E-state index is 12.5. The van der Waals surface area contributed by atoms with Crippen LogP contribution in [0.4, 0.5) is 5.69 Å². The summed E-state index contributed by atoms with van der Waals surface area (Å²) in [6, 6.07) is 10.9. The number of aromatic nitrogens is 2. The number of carbonyl (C=O) groups excluding carboxylic acids is 1. The number of nitrogens with zero attached hydrogens (tertiary/aromatic N) is 3. The standard InChI is InChI=1S/C22H28N4O3S/c1-6-26-20-8-7-18(30(28,29)25(4)5)14-19(20)24-21(26)9-10-22(27)23-17-12-15(2)11-16(3)13-17/h7-8,11-14H,6,9-10H2,1-5H3,(H,23,27). The number of imidazole rings is 1. The molecule has 0 aliphatic heterocycles. The molecular weight excluding hydrogens is 400 g/mol. The first kappa shape index (κ1) is 22.0. The largest absolute Gasteiger partial charge is 0.328 e. The van der Waals surface area contributed by atoms with E-state index in [1.807, 2.05) is 37.5 Å². The lowest BCUT2D eigenvalue weighted by atomic mass is 10.1. The molecule has 0 bridgehead atoms. The van der Waals surface area contributed by atoms with Crippen LogP contribution in [0.3, 0.4) is 0 Å². The Morgan fingerprint density at radius 3 is 2.37 bits per heavy atom. The second-order valence-corrected chi connectivity index (χ2v) is 9.79. The third kappa shape index (κ3) is 4.55. The van der Waals surface area contributed by atoms with Crippen LogP contribution in [-0.2, 0) is 27.8 Å². The zero-order valence-corrected chi connectivity index (χ0v) is 18.9. The molecule has 0 atom stereocenters. The van der Waals surface area contributed by atoms with Gasteiger partial charge in [0.15, 0.2) is 0 Å². The highest BCUT2D eigenvalue weighted by molar-refractivity contribution is 7.89. The number of rotatable bonds is 7. The minimum atomic E-state index is -3.53. The number of hydrogen-bond acceptors (Lipinski definition) is 4. The monoisotopic (exact) mass is 428 g/mol. The van der Waals surface area contributed by atoms with Crippen molar-refractivity contribution in [2.45, 2.75) is 45.1 Å². The van der Waals surface area contributed by atoms with Crippen molar-refractivity contribution in [2.24, 2.45) is 0 Å². The van der Waals surface area contributed by atoms with Gasteiger partial charge in [-0.25, -0.2) is 17.7 Å². The van der Waals surface area contributed by atoms with Crippen LogP contribution in [0.2, 0.25) is 0 Å². The van der Waals surface area contributed by atoms with Gasteiger partial charge in [-0.1, -0.05) is 6.07 Å². The maximum atomic E-state index is 12.5. The Morgan fingerprint density at radius 2 is 1.77 bits per heavy atom. The van der Waals surface area contributed by atoms with Crippen LogP contribution in [0, 0.1) is 13.8 Å². The Kier molecular flexibility index (Phi) is 6.28. The fraction of sp³-hybridized carbons (Fsp3) is 0.364. The zero-order valence-electron chi connectivity index (χ0n) is 18.1. The molecule has 1 N–H and O–H groups in total. The van der Waals surface area contributed by atoms with Crippen LogP contribution >= 0.6 is 0 Å². The Labute approximate surface area is 177 Å². The van der Waals surface area contributed by atoms with E-state index in [0.29, 0.717) is 24.9 Å². The second kappa shape index (κ2) is 8.57. The van der Waals surface area contributed by atoms with Gasteiger partial charge in [-0.3, -0.25) is 4.79 Å². The normalized spacial score (nSPS) is 11.9. The van der Waals surface area contributed by atoms with E-state index in [2.05, 4.69) is 16.4 Å². The number of nitrogens with one attached hydrogen (secondary N) is 1. The highest BCUT2D eigenvalue weighted by Crippen LogP contribution is 2.23. The molecule has 1 aromatic heterocycles. The Bertz CT molecular complexity index is 1180. The SMILES string of the molecule is CCn1c(CCC(=O)Nc2cc(C)cc(C)c2)nc2cc(S(=O)(=O)N(C)C)ccc21. The van der Waals surface area contributed by atoms with Crippen LogP contribution in [0.5, 0.6) is 0 Å². The maximum Gasteiger partial charge on any atom is 0.242 e. The summed E-state index contributed by atoms with van der Waals surface area (Å²) >= 11 is 0. The van der Waals surface area contributed by atoms with Gasteiger partial charge in [-0.15, -0.1) is 0 Å². The zero-order chi connectivity index (χ0) is 22.1. The van der Waals surface area contributed by atoms with Gasteiger partial charge in [0.25, 0.3) is 0 Å². The molecular formula is C22H28N4O3S.